The SMILES string of the molecule is CN(C)C(=O)c1cc2c(Nc3ccc(N)c(C=N)c3)ncnc2[nH]1. The Kier molecular flexibility index (Phi) is 3.87. The fourth-order valence-electron chi connectivity index (χ4n) is 2.31. The fourth-order valence-corrected chi connectivity index (χ4v) is 2.31. The van der Waals surface area contributed by atoms with Gasteiger partial charge in [-0.05, 0) is 24.3 Å². The maximum atomic E-state index is 12.1. The Labute approximate surface area is 138 Å². The summed E-state index contributed by atoms with van der Waals surface area (Å²) in [5, 5.41) is 11.3. The molecule has 0 saturated heterocycles. The van der Waals surface area contributed by atoms with E-state index in [1.54, 1.807) is 38.4 Å². The first-order valence-electron chi connectivity index (χ1n) is 7.22. The Morgan fingerprint density at radius 3 is 2.83 bits per heavy atom. The van der Waals surface area contributed by atoms with Crippen LogP contribution in [-0.4, -0.2) is 46.1 Å². The monoisotopic (exact) mass is 323 g/mol. The lowest BCUT2D eigenvalue weighted by molar-refractivity contribution is 0.0823. The number of aromatic nitrogens is 3. The molecule has 0 atom stereocenters. The van der Waals surface area contributed by atoms with Gasteiger partial charge in [-0.25, -0.2) is 9.97 Å². The van der Waals surface area contributed by atoms with Crippen LogP contribution in [0.3, 0.4) is 0 Å². The third-order valence-electron chi connectivity index (χ3n) is 3.57. The maximum Gasteiger partial charge on any atom is 0.269 e. The molecule has 0 aliphatic heterocycles. The van der Waals surface area contributed by atoms with Crippen molar-refractivity contribution in [2.24, 2.45) is 0 Å². The zero-order valence-corrected chi connectivity index (χ0v) is 13.3. The number of H-pyrrole nitrogens is 1. The Bertz CT molecular complexity index is 929. The number of nitrogens with zero attached hydrogens (tertiary/aromatic N) is 3. The second-order valence-electron chi connectivity index (χ2n) is 5.48. The first-order chi connectivity index (χ1) is 11.5. The van der Waals surface area contributed by atoms with E-state index in [0.29, 0.717) is 33.8 Å². The zero-order chi connectivity index (χ0) is 17.3. The summed E-state index contributed by atoms with van der Waals surface area (Å²) in [6.07, 6.45) is 2.61. The molecule has 2 aromatic heterocycles. The van der Waals surface area contributed by atoms with Crippen molar-refractivity contribution in [3.63, 3.8) is 0 Å². The van der Waals surface area contributed by atoms with E-state index in [4.69, 9.17) is 11.1 Å². The predicted molar refractivity (Wildman–Crippen MR) is 93.9 cm³/mol. The molecule has 3 rings (SSSR count). The number of nitrogen functional groups attached to an aromatic ring is 1. The highest BCUT2D eigenvalue weighted by Gasteiger charge is 2.14. The quantitative estimate of drug-likeness (QED) is 0.432. The highest BCUT2D eigenvalue weighted by molar-refractivity contribution is 6.00. The van der Waals surface area contributed by atoms with Gasteiger partial charge < -0.3 is 26.3 Å². The lowest BCUT2D eigenvalue weighted by Crippen LogP contribution is -2.21. The van der Waals surface area contributed by atoms with Crippen LogP contribution in [0.15, 0.2) is 30.6 Å². The van der Waals surface area contributed by atoms with Gasteiger partial charge in [0.2, 0.25) is 0 Å². The topological polar surface area (TPSA) is 124 Å². The van der Waals surface area contributed by atoms with Crippen LogP contribution >= 0.6 is 0 Å². The first-order valence-corrected chi connectivity index (χ1v) is 7.22. The molecule has 122 valence electrons. The molecule has 8 nitrogen and oxygen atoms in total. The van der Waals surface area contributed by atoms with Crippen LogP contribution in [0.1, 0.15) is 16.1 Å². The lowest BCUT2D eigenvalue weighted by atomic mass is 10.1. The van der Waals surface area contributed by atoms with Crippen molar-refractivity contribution >= 4 is 40.3 Å². The minimum absolute atomic E-state index is 0.141. The standard InChI is InChI=1S/C16H17N7O/c1-23(2)16(24)13-6-11-14(19-8-20-15(11)22-13)21-10-3-4-12(18)9(5-10)7-17/h3-8,17H,18H2,1-2H3,(H2,19,20,21,22). The van der Waals surface area contributed by atoms with Crippen LogP contribution in [0, 0.1) is 5.41 Å². The lowest BCUT2D eigenvalue weighted by Gasteiger charge is -2.08. The van der Waals surface area contributed by atoms with Crippen LogP contribution in [0.2, 0.25) is 0 Å². The third-order valence-corrected chi connectivity index (χ3v) is 3.57. The molecule has 0 fully saturated rings. The van der Waals surface area contributed by atoms with Gasteiger partial charge in [0, 0.05) is 37.2 Å². The number of aromatic amines is 1. The molecule has 0 unspecified atom stereocenters. The van der Waals surface area contributed by atoms with Crippen molar-refractivity contribution in [1.29, 1.82) is 5.41 Å². The Morgan fingerprint density at radius 1 is 1.33 bits per heavy atom. The van der Waals surface area contributed by atoms with Crippen LogP contribution in [-0.2, 0) is 0 Å². The van der Waals surface area contributed by atoms with Crippen LogP contribution in [0.4, 0.5) is 17.2 Å². The maximum absolute atomic E-state index is 12.1. The Hall–Kier alpha value is -3.42. The summed E-state index contributed by atoms with van der Waals surface area (Å²) in [4.78, 5) is 25.0. The zero-order valence-electron chi connectivity index (χ0n) is 13.3. The molecule has 0 saturated carbocycles. The molecule has 3 aromatic rings. The molecule has 0 aliphatic carbocycles. The largest absolute Gasteiger partial charge is 0.398 e. The van der Waals surface area contributed by atoms with Crippen molar-refractivity contribution in [2.75, 3.05) is 25.1 Å². The smallest absolute Gasteiger partial charge is 0.269 e. The molecule has 8 heteroatoms. The molecule has 2 heterocycles. The number of anilines is 3. The number of amides is 1. The normalized spacial score (nSPS) is 10.6. The van der Waals surface area contributed by atoms with Gasteiger partial charge in [0.05, 0.1) is 5.39 Å². The average Bonchev–Trinajstić information content (AvgIpc) is 3.01. The van der Waals surface area contributed by atoms with Gasteiger partial charge in [-0.1, -0.05) is 0 Å². The number of fused-ring (bicyclic) bond motifs is 1. The number of nitrogens with one attached hydrogen (secondary N) is 3. The summed E-state index contributed by atoms with van der Waals surface area (Å²) in [5.41, 5.74) is 8.69. The van der Waals surface area contributed by atoms with Gasteiger partial charge in [0.15, 0.2) is 0 Å². The molecular formula is C16H17N7O. The van der Waals surface area contributed by atoms with Crippen molar-refractivity contribution in [1.82, 2.24) is 19.9 Å². The summed E-state index contributed by atoms with van der Waals surface area (Å²) in [5.74, 6) is 0.423. The van der Waals surface area contributed by atoms with E-state index < -0.39 is 0 Å². The van der Waals surface area contributed by atoms with Crippen molar-refractivity contribution in [3.8, 4) is 0 Å². The molecule has 0 aliphatic rings. The molecule has 0 radical (unpaired) electrons. The van der Waals surface area contributed by atoms with E-state index in [9.17, 15) is 4.79 Å². The van der Waals surface area contributed by atoms with Gasteiger partial charge in [-0.2, -0.15) is 0 Å². The minimum Gasteiger partial charge on any atom is -0.398 e. The van der Waals surface area contributed by atoms with E-state index in [2.05, 4.69) is 20.3 Å². The van der Waals surface area contributed by atoms with Crippen LogP contribution in [0.5, 0.6) is 0 Å². The molecule has 0 bridgehead atoms. The second kappa shape index (κ2) is 5.99. The minimum atomic E-state index is -0.141. The molecule has 1 amide bonds. The van der Waals surface area contributed by atoms with E-state index in [1.807, 2.05) is 0 Å². The number of hydrogen-bond acceptors (Lipinski definition) is 6. The average molecular weight is 323 g/mol. The fraction of sp³-hybridized carbons (Fsp3) is 0.125. The van der Waals surface area contributed by atoms with E-state index in [1.165, 1.54) is 17.4 Å². The first kappa shape index (κ1) is 15.5. The number of benzene rings is 1. The highest BCUT2D eigenvalue weighted by atomic mass is 16.2. The highest BCUT2D eigenvalue weighted by Crippen LogP contribution is 2.25. The van der Waals surface area contributed by atoms with Crippen molar-refractivity contribution in [3.05, 3.63) is 41.9 Å². The van der Waals surface area contributed by atoms with E-state index in [-0.39, 0.29) is 5.91 Å². The van der Waals surface area contributed by atoms with Crippen LogP contribution in [0.25, 0.3) is 11.0 Å². The third kappa shape index (κ3) is 2.76. The van der Waals surface area contributed by atoms with Crippen LogP contribution < -0.4 is 11.1 Å². The number of rotatable bonds is 4. The van der Waals surface area contributed by atoms with Gasteiger partial charge in [0.25, 0.3) is 5.91 Å². The second-order valence-corrected chi connectivity index (χ2v) is 5.48. The number of carbonyl (C=O) groups excluding carboxylic acids is 1. The van der Waals surface area contributed by atoms with Gasteiger partial charge in [-0.15, -0.1) is 0 Å². The number of hydrogen-bond donors (Lipinski definition) is 4. The summed E-state index contributed by atoms with van der Waals surface area (Å²) in [6, 6.07) is 7.00. The molecule has 24 heavy (non-hydrogen) atoms. The summed E-state index contributed by atoms with van der Waals surface area (Å²) < 4.78 is 0. The summed E-state index contributed by atoms with van der Waals surface area (Å²) in [6.45, 7) is 0. The molecule has 0 spiro atoms. The van der Waals surface area contributed by atoms with Crippen molar-refractivity contribution < 1.29 is 4.79 Å². The molecular weight excluding hydrogens is 306 g/mol. The summed E-state index contributed by atoms with van der Waals surface area (Å²) >= 11 is 0. The molecule has 5 N–H and O–H groups in total. The van der Waals surface area contributed by atoms with Gasteiger partial charge in [-0.3, -0.25) is 4.79 Å². The summed E-state index contributed by atoms with van der Waals surface area (Å²) in [7, 11) is 3.37. The number of nitrogens with two attached hydrogens (primary N) is 1. The predicted octanol–water partition coefficient (Wildman–Crippen LogP) is 1.98. The van der Waals surface area contributed by atoms with E-state index >= 15 is 0 Å². The Morgan fingerprint density at radius 2 is 2.12 bits per heavy atom. The van der Waals surface area contributed by atoms with Gasteiger partial charge in [0.1, 0.15) is 23.5 Å². The van der Waals surface area contributed by atoms with Crippen molar-refractivity contribution in [2.45, 2.75) is 0 Å². The van der Waals surface area contributed by atoms with Gasteiger partial charge >= 0.3 is 0 Å². The Balaban J connectivity index is 2.00. The van der Waals surface area contributed by atoms with E-state index in [0.717, 1.165) is 5.69 Å². The number of carbonyl (C=O) groups is 1. The molecule has 1 aromatic carbocycles.